The lowest BCUT2D eigenvalue weighted by Crippen LogP contribution is -2.30. The maximum absolute atomic E-state index is 11.9. The normalized spacial score (nSPS) is 19.3. The molecule has 1 rings (SSSR count). The lowest BCUT2D eigenvalue weighted by Gasteiger charge is -2.11. The first-order valence-electron chi connectivity index (χ1n) is 3.80. The van der Waals surface area contributed by atoms with Crippen molar-refractivity contribution in [3.63, 3.8) is 0 Å². The summed E-state index contributed by atoms with van der Waals surface area (Å²) in [5.41, 5.74) is -0.354. The van der Waals surface area contributed by atoms with Crippen molar-refractivity contribution >= 4 is 17.6 Å². The number of carbonyl (C=O) groups is 2. The van der Waals surface area contributed by atoms with Crippen LogP contribution in [0.1, 0.15) is 13.3 Å². The Kier molecular flexibility index (Phi) is 2.59. The zero-order valence-corrected chi connectivity index (χ0v) is 7.18. The summed E-state index contributed by atoms with van der Waals surface area (Å²) in [6, 6.07) is -0.904. The van der Waals surface area contributed by atoms with E-state index >= 15 is 0 Å². The smallest absolute Gasteiger partial charge is 0.271 e. The first-order chi connectivity index (χ1) is 6.29. The third-order valence-electron chi connectivity index (χ3n) is 1.68. The van der Waals surface area contributed by atoms with Gasteiger partial charge in [-0.2, -0.15) is 18.2 Å². The molecule has 1 aliphatic heterocycles. The van der Waals surface area contributed by atoms with Crippen LogP contribution in [0.5, 0.6) is 0 Å². The fourth-order valence-electron chi connectivity index (χ4n) is 1.13. The maximum Gasteiger partial charge on any atom is 0.389 e. The maximum atomic E-state index is 11.9. The number of nitrogens with zero attached hydrogens (tertiary/aromatic N) is 1. The Bertz CT molecular complexity index is 309. The van der Waals surface area contributed by atoms with Crippen LogP contribution >= 0.6 is 0 Å². The minimum Gasteiger partial charge on any atom is -0.271 e. The van der Waals surface area contributed by atoms with Crippen LogP contribution in [0.15, 0.2) is 4.99 Å². The molecule has 0 aliphatic carbocycles. The van der Waals surface area contributed by atoms with Crippen LogP contribution in [0.2, 0.25) is 0 Å². The van der Waals surface area contributed by atoms with E-state index in [1.807, 2.05) is 0 Å². The van der Waals surface area contributed by atoms with E-state index in [9.17, 15) is 22.8 Å². The minimum atomic E-state index is -4.37. The van der Waals surface area contributed by atoms with E-state index in [1.54, 1.807) is 5.32 Å². The van der Waals surface area contributed by atoms with Crippen molar-refractivity contribution in [1.29, 1.82) is 0 Å². The third-order valence-corrected chi connectivity index (χ3v) is 1.68. The fraction of sp³-hybridized carbons (Fsp3) is 0.571. The summed E-state index contributed by atoms with van der Waals surface area (Å²) in [4.78, 5) is 24.6. The zero-order valence-electron chi connectivity index (χ0n) is 7.18. The van der Waals surface area contributed by atoms with Gasteiger partial charge in [-0.25, -0.2) is 4.79 Å². The van der Waals surface area contributed by atoms with Gasteiger partial charge in [0, 0.05) is 5.92 Å². The minimum absolute atomic E-state index is 0.354. The summed E-state index contributed by atoms with van der Waals surface area (Å²) in [6.45, 7) is 1.20. The van der Waals surface area contributed by atoms with Crippen molar-refractivity contribution < 1.29 is 22.8 Å². The number of carbonyl (C=O) groups excluding carboxylic acids is 2. The number of urea groups is 1. The molecule has 0 aromatic heterocycles. The molecular formula is C7H7F3N2O2. The largest absolute Gasteiger partial charge is 0.389 e. The molecule has 0 radical (unpaired) electrons. The van der Waals surface area contributed by atoms with Crippen molar-refractivity contribution in [2.75, 3.05) is 0 Å². The summed E-state index contributed by atoms with van der Waals surface area (Å²) in [5, 5.41) is 1.78. The molecule has 0 aromatic rings. The molecule has 1 unspecified atom stereocenters. The van der Waals surface area contributed by atoms with Gasteiger partial charge in [0.15, 0.2) is 0 Å². The van der Waals surface area contributed by atoms with Crippen LogP contribution in [0.4, 0.5) is 18.0 Å². The van der Waals surface area contributed by atoms with E-state index in [1.165, 1.54) is 6.92 Å². The Morgan fingerprint density at radius 3 is 2.36 bits per heavy atom. The number of imide groups is 1. The van der Waals surface area contributed by atoms with Gasteiger partial charge in [-0.3, -0.25) is 10.1 Å². The molecule has 4 nitrogen and oxygen atoms in total. The van der Waals surface area contributed by atoms with Crippen LogP contribution in [0, 0.1) is 5.92 Å². The molecule has 0 aromatic carbocycles. The highest BCUT2D eigenvalue weighted by Crippen LogP contribution is 2.26. The quantitative estimate of drug-likeness (QED) is 0.742. The highest BCUT2D eigenvalue weighted by molar-refractivity contribution is 6.46. The summed E-state index contributed by atoms with van der Waals surface area (Å²) < 4.78 is 35.7. The number of nitrogens with one attached hydrogen (secondary N) is 1. The summed E-state index contributed by atoms with van der Waals surface area (Å²) >= 11 is 0. The van der Waals surface area contributed by atoms with Crippen LogP contribution in [0.25, 0.3) is 0 Å². The molecule has 7 heteroatoms. The van der Waals surface area contributed by atoms with Gasteiger partial charge in [0.1, 0.15) is 5.71 Å². The van der Waals surface area contributed by atoms with E-state index in [0.29, 0.717) is 0 Å². The van der Waals surface area contributed by atoms with E-state index in [-0.39, 0.29) is 5.71 Å². The molecule has 0 saturated carbocycles. The number of amides is 3. The van der Waals surface area contributed by atoms with Gasteiger partial charge in [0.2, 0.25) is 0 Å². The van der Waals surface area contributed by atoms with E-state index in [0.717, 1.165) is 0 Å². The molecular weight excluding hydrogens is 201 g/mol. The fourth-order valence-corrected chi connectivity index (χ4v) is 1.13. The Morgan fingerprint density at radius 1 is 1.43 bits per heavy atom. The lowest BCUT2D eigenvalue weighted by molar-refractivity contribution is -0.139. The summed E-state index contributed by atoms with van der Waals surface area (Å²) in [7, 11) is 0. The van der Waals surface area contributed by atoms with Gasteiger partial charge >= 0.3 is 12.2 Å². The number of rotatable bonds is 2. The van der Waals surface area contributed by atoms with Crippen LogP contribution in [-0.4, -0.2) is 23.8 Å². The molecule has 0 spiro atoms. The molecule has 0 fully saturated rings. The third kappa shape index (κ3) is 2.54. The van der Waals surface area contributed by atoms with Gasteiger partial charge in [-0.15, -0.1) is 0 Å². The van der Waals surface area contributed by atoms with E-state index < -0.39 is 30.5 Å². The molecule has 1 heterocycles. The average molecular weight is 208 g/mol. The highest BCUT2D eigenvalue weighted by atomic mass is 19.4. The van der Waals surface area contributed by atoms with Crippen LogP contribution < -0.4 is 5.32 Å². The molecule has 3 amide bonds. The molecule has 1 aliphatic rings. The van der Waals surface area contributed by atoms with Crippen molar-refractivity contribution in [2.24, 2.45) is 10.9 Å². The monoisotopic (exact) mass is 208 g/mol. The van der Waals surface area contributed by atoms with E-state index in [2.05, 4.69) is 4.99 Å². The number of hydrogen-bond acceptors (Lipinski definition) is 2. The molecule has 1 N–H and O–H groups in total. The SMILES string of the molecule is CC(CC(F)(F)F)C1=NC(=O)NC1=O. The van der Waals surface area contributed by atoms with Crippen LogP contribution in [0.3, 0.4) is 0 Å². The molecule has 78 valence electrons. The predicted octanol–water partition coefficient (Wildman–Crippen LogP) is 1.27. The van der Waals surface area contributed by atoms with Gasteiger partial charge in [0.25, 0.3) is 5.91 Å². The van der Waals surface area contributed by atoms with Crippen LogP contribution in [-0.2, 0) is 4.79 Å². The van der Waals surface area contributed by atoms with Crippen molar-refractivity contribution in [2.45, 2.75) is 19.5 Å². The molecule has 14 heavy (non-hydrogen) atoms. The lowest BCUT2D eigenvalue weighted by atomic mass is 10.0. The van der Waals surface area contributed by atoms with Crippen molar-refractivity contribution in [3.05, 3.63) is 0 Å². The highest BCUT2D eigenvalue weighted by Gasteiger charge is 2.36. The summed E-state index contributed by atoms with van der Waals surface area (Å²) in [5.74, 6) is -1.94. The van der Waals surface area contributed by atoms with Crippen molar-refractivity contribution in [1.82, 2.24) is 5.32 Å². The first-order valence-corrected chi connectivity index (χ1v) is 3.80. The van der Waals surface area contributed by atoms with Gasteiger partial charge in [-0.1, -0.05) is 6.92 Å². The average Bonchev–Trinajstić information content (AvgIpc) is 2.26. The summed E-state index contributed by atoms with van der Waals surface area (Å²) in [6.07, 6.45) is -5.53. The second-order valence-corrected chi connectivity index (χ2v) is 2.98. The Morgan fingerprint density at radius 2 is 2.00 bits per heavy atom. The van der Waals surface area contributed by atoms with Gasteiger partial charge < -0.3 is 0 Å². The first kappa shape index (κ1) is 10.7. The second kappa shape index (κ2) is 3.39. The van der Waals surface area contributed by atoms with Crippen molar-refractivity contribution in [3.8, 4) is 0 Å². The predicted molar refractivity (Wildman–Crippen MR) is 40.8 cm³/mol. The van der Waals surface area contributed by atoms with Gasteiger partial charge in [-0.05, 0) is 0 Å². The Hall–Kier alpha value is -1.40. The number of aliphatic imine (C=N–C) groups is 1. The number of hydrogen-bond donors (Lipinski definition) is 1. The number of alkyl halides is 3. The van der Waals surface area contributed by atoms with Gasteiger partial charge in [0.05, 0.1) is 6.42 Å². The van der Waals surface area contributed by atoms with E-state index in [4.69, 9.17) is 0 Å². The molecule has 0 bridgehead atoms. The molecule has 0 saturated heterocycles. The second-order valence-electron chi connectivity index (χ2n) is 2.98. The standard InChI is InChI=1S/C7H7F3N2O2/c1-3(2-7(8,9)10)4-5(13)12-6(14)11-4/h3H,2H2,1H3,(H,12,13,14). The zero-order chi connectivity index (χ0) is 10.9. The topological polar surface area (TPSA) is 58.5 Å². The Labute approximate surface area is 77.2 Å². The Balaban J connectivity index is 2.71. The molecule has 1 atom stereocenters. The number of halogens is 3.